The molecule has 0 aliphatic rings. The lowest BCUT2D eigenvalue weighted by Gasteiger charge is -2.09. The highest BCUT2D eigenvalue weighted by molar-refractivity contribution is 7.86. The molecule has 0 aliphatic carbocycles. The van der Waals surface area contributed by atoms with Gasteiger partial charge in [0.25, 0.3) is 10.1 Å². The van der Waals surface area contributed by atoms with Gasteiger partial charge in [-0.3, -0.25) is 4.55 Å². The molecule has 7 heteroatoms. The van der Waals surface area contributed by atoms with E-state index in [-0.39, 0.29) is 23.0 Å². The van der Waals surface area contributed by atoms with Crippen molar-refractivity contribution in [2.45, 2.75) is 4.90 Å². The topological polar surface area (TPSA) is 104 Å². The average Bonchev–Trinajstić information content (AvgIpc) is 2.33. The Balaban J connectivity index is 2.43. The molecule has 0 unspecified atom stereocenters. The van der Waals surface area contributed by atoms with Gasteiger partial charge >= 0.3 is 0 Å². The van der Waals surface area contributed by atoms with Gasteiger partial charge in [-0.05, 0) is 36.4 Å². The van der Waals surface area contributed by atoms with Gasteiger partial charge in [0.15, 0.2) is 0 Å². The number of aromatic hydroxyl groups is 2. The van der Waals surface area contributed by atoms with Gasteiger partial charge in [-0.2, -0.15) is 8.42 Å². The summed E-state index contributed by atoms with van der Waals surface area (Å²) >= 11 is 0. The van der Waals surface area contributed by atoms with Crippen LogP contribution in [0.1, 0.15) is 0 Å². The van der Waals surface area contributed by atoms with Crippen LogP contribution in [0, 0.1) is 0 Å². The molecule has 3 N–H and O–H groups in total. The van der Waals surface area contributed by atoms with Crippen LogP contribution < -0.4 is 4.74 Å². The first-order valence-corrected chi connectivity index (χ1v) is 6.57. The van der Waals surface area contributed by atoms with Crippen molar-refractivity contribution in [2.24, 2.45) is 0 Å². The van der Waals surface area contributed by atoms with Crippen molar-refractivity contribution < 1.29 is 27.9 Å². The highest BCUT2D eigenvalue weighted by atomic mass is 32.2. The third-order valence-corrected chi connectivity index (χ3v) is 3.14. The molecule has 0 saturated heterocycles. The van der Waals surface area contributed by atoms with E-state index < -0.39 is 15.0 Å². The van der Waals surface area contributed by atoms with E-state index in [1.807, 2.05) is 0 Å². The van der Waals surface area contributed by atoms with E-state index in [9.17, 15) is 13.5 Å². The minimum absolute atomic E-state index is 0.0352. The first-order valence-electron chi connectivity index (χ1n) is 5.13. The SMILES string of the molecule is O=S(=O)(O)c1cc(O)ccc1Oc1ccc(O)cc1. The second-order valence-corrected chi connectivity index (χ2v) is 5.09. The van der Waals surface area contributed by atoms with E-state index in [2.05, 4.69) is 0 Å². The fourth-order valence-corrected chi connectivity index (χ4v) is 2.06. The number of benzene rings is 2. The maximum absolute atomic E-state index is 11.2. The lowest BCUT2D eigenvalue weighted by atomic mass is 10.3. The third-order valence-electron chi connectivity index (χ3n) is 2.27. The molecule has 0 heterocycles. The van der Waals surface area contributed by atoms with Gasteiger partial charge in [0, 0.05) is 6.07 Å². The Kier molecular flexibility index (Phi) is 3.32. The first kappa shape index (κ1) is 13.2. The first-order chi connectivity index (χ1) is 8.86. The van der Waals surface area contributed by atoms with E-state index in [0.29, 0.717) is 0 Å². The summed E-state index contributed by atoms with van der Waals surface area (Å²) in [6.07, 6.45) is 0. The minimum atomic E-state index is -4.52. The largest absolute Gasteiger partial charge is 0.508 e. The fourth-order valence-electron chi connectivity index (χ4n) is 1.42. The van der Waals surface area contributed by atoms with Crippen molar-refractivity contribution in [1.29, 1.82) is 0 Å². The van der Waals surface area contributed by atoms with Crippen LogP contribution in [0.15, 0.2) is 47.4 Å². The third kappa shape index (κ3) is 3.15. The van der Waals surface area contributed by atoms with Crippen LogP contribution in [0.2, 0.25) is 0 Å². The molecule has 0 fully saturated rings. The summed E-state index contributed by atoms with van der Waals surface area (Å²) in [5.74, 6) is -0.141. The summed E-state index contributed by atoms with van der Waals surface area (Å²) in [6, 6.07) is 8.90. The van der Waals surface area contributed by atoms with Crippen molar-refractivity contribution in [3.63, 3.8) is 0 Å². The highest BCUT2D eigenvalue weighted by Crippen LogP contribution is 2.32. The molecule has 6 nitrogen and oxygen atoms in total. The fraction of sp³-hybridized carbons (Fsp3) is 0. The normalized spacial score (nSPS) is 11.2. The molecule has 0 radical (unpaired) electrons. The smallest absolute Gasteiger partial charge is 0.298 e. The summed E-state index contributed by atoms with van der Waals surface area (Å²) in [5.41, 5.74) is 0. The van der Waals surface area contributed by atoms with Crippen LogP contribution in [0.4, 0.5) is 0 Å². The lowest BCUT2D eigenvalue weighted by Crippen LogP contribution is -2.00. The summed E-state index contributed by atoms with van der Waals surface area (Å²) in [4.78, 5) is -0.541. The van der Waals surface area contributed by atoms with Crippen molar-refractivity contribution in [3.8, 4) is 23.0 Å². The van der Waals surface area contributed by atoms with Crippen LogP contribution in [0.25, 0.3) is 0 Å². The molecule has 19 heavy (non-hydrogen) atoms. The number of hydrogen-bond donors (Lipinski definition) is 3. The number of phenols is 2. The molecule has 0 amide bonds. The van der Waals surface area contributed by atoms with Gasteiger partial charge in [-0.25, -0.2) is 0 Å². The van der Waals surface area contributed by atoms with Gasteiger partial charge < -0.3 is 14.9 Å². The molecular formula is C12H10O6S. The van der Waals surface area contributed by atoms with Gasteiger partial charge in [0.1, 0.15) is 27.9 Å². The maximum Gasteiger partial charge on any atom is 0.298 e. The highest BCUT2D eigenvalue weighted by Gasteiger charge is 2.18. The molecule has 2 aromatic carbocycles. The Morgan fingerprint density at radius 3 is 2.05 bits per heavy atom. The van der Waals surface area contributed by atoms with Crippen LogP contribution in [0.3, 0.4) is 0 Å². The Labute approximate surface area is 109 Å². The molecule has 0 bridgehead atoms. The molecule has 2 rings (SSSR count). The Bertz CT molecular complexity index is 691. The van der Waals surface area contributed by atoms with E-state index >= 15 is 0 Å². The average molecular weight is 282 g/mol. The Morgan fingerprint density at radius 1 is 0.895 bits per heavy atom. The summed E-state index contributed by atoms with van der Waals surface area (Å²) in [5, 5.41) is 18.4. The predicted octanol–water partition coefficient (Wildman–Crippen LogP) is 2.14. The van der Waals surface area contributed by atoms with Crippen molar-refractivity contribution in [1.82, 2.24) is 0 Å². The number of ether oxygens (including phenoxy) is 1. The van der Waals surface area contributed by atoms with Crippen LogP contribution in [0.5, 0.6) is 23.0 Å². The van der Waals surface area contributed by atoms with Crippen LogP contribution in [-0.4, -0.2) is 23.2 Å². The molecular weight excluding hydrogens is 272 g/mol. The number of rotatable bonds is 3. The van der Waals surface area contributed by atoms with E-state index in [0.717, 1.165) is 6.07 Å². The zero-order valence-corrected chi connectivity index (χ0v) is 10.3. The van der Waals surface area contributed by atoms with Crippen LogP contribution >= 0.6 is 0 Å². The molecule has 0 aliphatic heterocycles. The summed E-state index contributed by atoms with van der Waals surface area (Å²) in [6.45, 7) is 0. The molecule has 100 valence electrons. The van der Waals surface area contributed by atoms with Gasteiger partial charge in [-0.15, -0.1) is 0 Å². The van der Waals surface area contributed by atoms with E-state index in [4.69, 9.17) is 14.4 Å². The lowest BCUT2D eigenvalue weighted by molar-refractivity contribution is 0.436. The zero-order valence-electron chi connectivity index (χ0n) is 9.52. The minimum Gasteiger partial charge on any atom is -0.508 e. The van der Waals surface area contributed by atoms with E-state index in [1.54, 1.807) is 0 Å². The molecule has 0 atom stereocenters. The number of hydrogen-bond acceptors (Lipinski definition) is 5. The van der Waals surface area contributed by atoms with Crippen molar-refractivity contribution >= 4 is 10.1 Å². The summed E-state index contributed by atoms with van der Waals surface area (Å²) < 4.78 is 36.7. The quantitative estimate of drug-likeness (QED) is 0.745. The van der Waals surface area contributed by atoms with E-state index in [1.165, 1.54) is 36.4 Å². The zero-order chi connectivity index (χ0) is 14.0. The molecule has 0 aromatic heterocycles. The number of phenolic OH excluding ortho intramolecular Hbond substituents is 2. The monoisotopic (exact) mass is 282 g/mol. The maximum atomic E-state index is 11.2. The van der Waals surface area contributed by atoms with Gasteiger partial charge in [0.05, 0.1) is 0 Å². The van der Waals surface area contributed by atoms with Crippen molar-refractivity contribution in [2.75, 3.05) is 0 Å². The second-order valence-electron chi connectivity index (χ2n) is 3.70. The van der Waals surface area contributed by atoms with Gasteiger partial charge in [-0.1, -0.05) is 0 Å². The second kappa shape index (κ2) is 4.79. The molecule has 0 spiro atoms. The molecule has 0 saturated carbocycles. The molecule has 2 aromatic rings. The van der Waals surface area contributed by atoms with Gasteiger partial charge in [0.2, 0.25) is 0 Å². The Morgan fingerprint density at radius 2 is 1.47 bits per heavy atom. The summed E-state index contributed by atoms with van der Waals surface area (Å²) in [7, 11) is -4.52. The Hall–Kier alpha value is -2.25. The predicted molar refractivity (Wildman–Crippen MR) is 66.1 cm³/mol. The standard InChI is InChI=1S/C12H10O6S/c13-8-1-4-10(5-2-8)18-11-6-3-9(14)7-12(11)19(15,16)17/h1-7,13-14H,(H,15,16,17). The van der Waals surface area contributed by atoms with Crippen molar-refractivity contribution in [3.05, 3.63) is 42.5 Å². The van der Waals surface area contributed by atoms with Crippen LogP contribution in [-0.2, 0) is 10.1 Å².